The first-order chi connectivity index (χ1) is 15.1. The maximum Gasteiger partial charge on any atom is 0.231 e. The molecule has 1 saturated heterocycles. The summed E-state index contributed by atoms with van der Waals surface area (Å²) >= 11 is 5.91. The van der Waals surface area contributed by atoms with E-state index in [1.54, 1.807) is 0 Å². The minimum atomic E-state index is 0.250. The molecule has 162 valence electrons. The molecule has 0 radical (unpaired) electrons. The first-order valence-corrected chi connectivity index (χ1v) is 11.0. The summed E-state index contributed by atoms with van der Waals surface area (Å²) in [6.07, 6.45) is 2.32. The van der Waals surface area contributed by atoms with Crippen molar-refractivity contribution in [3.05, 3.63) is 53.3 Å². The molecule has 0 atom stereocenters. The molecular weight excluding hydrogens is 410 g/mol. The lowest BCUT2D eigenvalue weighted by Gasteiger charge is -2.34. The molecule has 3 aromatic rings. The number of fused-ring (bicyclic) bond motifs is 1. The van der Waals surface area contributed by atoms with Crippen LogP contribution in [0.15, 0.2) is 48.5 Å². The van der Waals surface area contributed by atoms with Gasteiger partial charge in [-0.3, -0.25) is 9.47 Å². The summed E-state index contributed by atoms with van der Waals surface area (Å²) < 4.78 is 15.7. The van der Waals surface area contributed by atoms with Crippen molar-refractivity contribution in [1.29, 1.82) is 0 Å². The van der Waals surface area contributed by atoms with Gasteiger partial charge in [0, 0.05) is 17.3 Å². The molecule has 0 amide bonds. The summed E-state index contributed by atoms with van der Waals surface area (Å²) in [6.45, 7) is 3.16. The van der Waals surface area contributed by atoms with Crippen LogP contribution in [-0.2, 0) is 6.67 Å². The van der Waals surface area contributed by atoms with Gasteiger partial charge in [-0.2, -0.15) is 0 Å². The fourth-order valence-electron chi connectivity index (χ4n) is 4.29. The number of rotatable bonds is 5. The van der Waals surface area contributed by atoms with Crippen molar-refractivity contribution >= 4 is 12.2 Å². The second-order valence-electron chi connectivity index (χ2n) is 8.28. The lowest BCUT2D eigenvalue weighted by atomic mass is 10.0. The number of aromatic nitrogens is 3. The summed E-state index contributed by atoms with van der Waals surface area (Å²) in [5.74, 6) is 2.29. The smallest absolute Gasteiger partial charge is 0.231 e. The van der Waals surface area contributed by atoms with Crippen molar-refractivity contribution in [2.24, 2.45) is 0 Å². The third kappa shape index (κ3) is 3.98. The Morgan fingerprint density at radius 2 is 1.81 bits per heavy atom. The van der Waals surface area contributed by atoms with Crippen LogP contribution in [0, 0.1) is 4.77 Å². The Morgan fingerprint density at radius 1 is 1.06 bits per heavy atom. The molecule has 1 aromatic heterocycles. The van der Waals surface area contributed by atoms with Crippen LogP contribution in [0.5, 0.6) is 11.5 Å². The highest BCUT2D eigenvalue weighted by atomic mass is 32.1. The number of para-hydroxylation sites is 1. The minimum absolute atomic E-state index is 0.250. The number of piperidine rings is 1. The van der Waals surface area contributed by atoms with Crippen LogP contribution in [0.4, 0.5) is 0 Å². The van der Waals surface area contributed by atoms with Gasteiger partial charge >= 0.3 is 0 Å². The van der Waals surface area contributed by atoms with Crippen LogP contribution < -0.4 is 9.47 Å². The Hall–Kier alpha value is -2.68. The van der Waals surface area contributed by atoms with Crippen molar-refractivity contribution in [2.45, 2.75) is 25.6 Å². The molecule has 0 bridgehead atoms. The number of likely N-dealkylation sites (tertiary alicyclic amines) is 1. The molecular formula is C23H27N5O2S. The van der Waals surface area contributed by atoms with Crippen LogP contribution in [0.3, 0.4) is 0 Å². The second-order valence-corrected chi connectivity index (χ2v) is 8.64. The van der Waals surface area contributed by atoms with Gasteiger partial charge in [-0.05, 0) is 82.6 Å². The summed E-state index contributed by atoms with van der Waals surface area (Å²) in [7, 11) is 4.35. The number of hydrogen-bond acceptors (Lipinski definition) is 6. The van der Waals surface area contributed by atoms with Crippen molar-refractivity contribution in [3.63, 3.8) is 0 Å². The highest BCUT2D eigenvalue weighted by Crippen LogP contribution is 2.36. The SMILES string of the molecule is CN1CCC(N(C)Cn2nc(-c3ccc4c(c3)OCO4)n(-c3ccccc3)c2=S)CC1. The van der Waals surface area contributed by atoms with Crippen molar-refractivity contribution in [2.75, 3.05) is 34.0 Å². The molecule has 0 spiro atoms. The molecule has 0 N–H and O–H groups in total. The quantitative estimate of drug-likeness (QED) is 0.566. The van der Waals surface area contributed by atoms with Crippen LogP contribution in [0.1, 0.15) is 12.8 Å². The fourth-order valence-corrected chi connectivity index (χ4v) is 4.59. The Labute approximate surface area is 187 Å². The predicted octanol–water partition coefficient (Wildman–Crippen LogP) is 3.78. The van der Waals surface area contributed by atoms with Crippen molar-refractivity contribution < 1.29 is 9.47 Å². The van der Waals surface area contributed by atoms with Gasteiger partial charge < -0.3 is 14.4 Å². The molecule has 7 nitrogen and oxygen atoms in total. The van der Waals surface area contributed by atoms with E-state index < -0.39 is 0 Å². The highest BCUT2D eigenvalue weighted by molar-refractivity contribution is 7.71. The normalized spacial score (nSPS) is 16.9. The van der Waals surface area contributed by atoms with E-state index in [9.17, 15) is 0 Å². The lowest BCUT2D eigenvalue weighted by Crippen LogP contribution is -2.42. The van der Waals surface area contributed by atoms with Crippen molar-refractivity contribution in [3.8, 4) is 28.6 Å². The average molecular weight is 438 g/mol. The van der Waals surface area contributed by atoms with Gasteiger partial charge in [-0.25, -0.2) is 4.68 Å². The van der Waals surface area contributed by atoms with Crippen LogP contribution in [-0.4, -0.2) is 64.2 Å². The maximum absolute atomic E-state index is 5.91. The Balaban J connectivity index is 1.52. The van der Waals surface area contributed by atoms with Gasteiger partial charge in [0.05, 0.1) is 6.67 Å². The van der Waals surface area contributed by atoms with E-state index in [1.807, 2.05) is 45.6 Å². The summed E-state index contributed by atoms with van der Waals surface area (Å²) in [5, 5.41) is 4.96. The Morgan fingerprint density at radius 3 is 2.58 bits per heavy atom. The standard InChI is InChI=1S/C23H27N5O2S/c1-25-12-10-18(11-13-25)26(2)15-27-23(31)28(19-6-4-3-5-7-19)22(24-27)17-8-9-20-21(14-17)30-16-29-20/h3-9,14,18H,10-13,15-16H2,1-2H3. The third-order valence-electron chi connectivity index (χ3n) is 6.15. The molecule has 0 unspecified atom stereocenters. The number of nitrogens with zero attached hydrogens (tertiary/aromatic N) is 5. The first-order valence-electron chi connectivity index (χ1n) is 10.6. The first kappa shape index (κ1) is 20.2. The number of hydrogen-bond donors (Lipinski definition) is 0. The van der Waals surface area contributed by atoms with Crippen LogP contribution in [0.2, 0.25) is 0 Å². The molecule has 31 heavy (non-hydrogen) atoms. The Bertz CT molecular complexity index is 1120. The summed E-state index contributed by atoms with van der Waals surface area (Å²) in [5.41, 5.74) is 1.94. The number of benzene rings is 2. The zero-order chi connectivity index (χ0) is 21.4. The summed E-state index contributed by atoms with van der Waals surface area (Å²) in [4.78, 5) is 4.76. The molecule has 2 aromatic carbocycles. The van der Waals surface area contributed by atoms with E-state index in [4.69, 9.17) is 26.8 Å². The molecule has 5 rings (SSSR count). The van der Waals surface area contributed by atoms with Gasteiger partial charge in [0.15, 0.2) is 17.3 Å². The second kappa shape index (κ2) is 8.45. The van der Waals surface area contributed by atoms with E-state index in [0.717, 1.165) is 54.5 Å². The fraction of sp³-hybridized carbons (Fsp3) is 0.391. The van der Waals surface area contributed by atoms with Gasteiger partial charge in [-0.1, -0.05) is 18.2 Å². The molecule has 8 heteroatoms. The van der Waals surface area contributed by atoms with Crippen LogP contribution >= 0.6 is 12.2 Å². The molecule has 0 aliphatic carbocycles. The molecule has 1 fully saturated rings. The number of ether oxygens (including phenoxy) is 2. The maximum atomic E-state index is 5.91. The van der Waals surface area contributed by atoms with E-state index in [1.165, 1.54) is 0 Å². The largest absolute Gasteiger partial charge is 0.454 e. The molecule has 0 saturated carbocycles. The molecule has 2 aliphatic heterocycles. The van der Waals surface area contributed by atoms with E-state index in [-0.39, 0.29) is 6.79 Å². The van der Waals surface area contributed by atoms with Crippen molar-refractivity contribution in [1.82, 2.24) is 24.1 Å². The van der Waals surface area contributed by atoms with Crippen LogP contribution in [0.25, 0.3) is 17.1 Å². The van der Waals surface area contributed by atoms with Gasteiger partial charge in [0.1, 0.15) is 0 Å². The predicted molar refractivity (Wildman–Crippen MR) is 122 cm³/mol. The topological polar surface area (TPSA) is 47.7 Å². The van der Waals surface area contributed by atoms with E-state index >= 15 is 0 Å². The molecule has 3 heterocycles. The average Bonchev–Trinajstić information content (AvgIpc) is 3.39. The minimum Gasteiger partial charge on any atom is -0.454 e. The zero-order valence-corrected chi connectivity index (χ0v) is 18.7. The Kier molecular flexibility index (Phi) is 5.52. The van der Waals surface area contributed by atoms with Gasteiger partial charge in [-0.15, -0.1) is 5.10 Å². The van der Waals surface area contributed by atoms with E-state index in [2.05, 4.69) is 36.0 Å². The lowest BCUT2D eigenvalue weighted by molar-refractivity contribution is 0.113. The van der Waals surface area contributed by atoms with E-state index in [0.29, 0.717) is 17.5 Å². The third-order valence-corrected chi connectivity index (χ3v) is 6.55. The molecule has 2 aliphatic rings. The van der Waals surface area contributed by atoms with Gasteiger partial charge in [0.2, 0.25) is 11.6 Å². The monoisotopic (exact) mass is 437 g/mol. The van der Waals surface area contributed by atoms with Gasteiger partial charge in [0.25, 0.3) is 0 Å². The zero-order valence-electron chi connectivity index (χ0n) is 17.9. The highest BCUT2D eigenvalue weighted by Gasteiger charge is 2.23. The summed E-state index contributed by atoms with van der Waals surface area (Å²) in [6, 6.07) is 16.6.